The summed E-state index contributed by atoms with van der Waals surface area (Å²) in [6.45, 7) is 1.81. The van der Waals surface area contributed by atoms with Crippen molar-refractivity contribution in [3.05, 3.63) is 77.9 Å². The minimum Gasteiger partial charge on any atom is -0.507 e. The molecular weight excluding hydrogens is 450 g/mol. The van der Waals surface area contributed by atoms with E-state index in [-0.39, 0.29) is 11.3 Å². The lowest BCUT2D eigenvalue weighted by atomic mass is 9.95. The minimum atomic E-state index is -0.739. The summed E-state index contributed by atoms with van der Waals surface area (Å²) in [4.78, 5) is 31.9. The Morgan fingerprint density at radius 2 is 1.86 bits per heavy atom. The van der Waals surface area contributed by atoms with E-state index in [0.717, 1.165) is 0 Å². The van der Waals surface area contributed by atoms with Crippen molar-refractivity contribution in [2.24, 2.45) is 0 Å². The van der Waals surface area contributed by atoms with Gasteiger partial charge in [0.2, 0.25) is 0 Å². The zero-order valence-electron chi connectivity index (χ0n) is 19.2. The van der Waals surface area contributed by atoms with E-state index >= 15 is 0 Å². The summed E-state index contributed by atoms with van der Waals surface area (Å²) in [7, 11) is 1.57. The van der Waals surface area contributed by atoms with Crippen LogP contribution < -0.4 is 14.2 Å². The standard InChI is InChI=1S/C26H25N3O6/c1-33-19-6-3-17(4-7-19)23-22(24(30)18-5-8-20-21(15-18)35-14-13-34-20)25(31)26(32)29(23)11-2-10-28-12-9-27-16-28/h3-9,12,15-16,23,30H,2,10-11,13-14H2,1H3/t23-/m0/s1. The number of benzene rings is 2. The van der Waals surface area contributed by atoms with Gasteiger partial charge >= 0.3 is 0 Å². The zero-order valence-corrected chi connectivity index (χ0v) is 19.2. The molecule has 2 aromatic carbocycles. The van der Waals surface area contributed by atoms with Gasteiger partial charge in [-0.3, -0.25) is 9.59 Å². The second-order valence-corrected chi connectivity index (χ2v) is 8.28. The van der Waals surface area contributed by atoms with E-state index in [1.165, 1.54) is 4.90 Å². The Morgan fingerprint density at radius 3 is 2.57 bits per heavy atom. The normalized spacial score (nSPS) is 18.7. The number of amides is 1. The highest BCUT2D eigenvalue weighted by atomic mass is 16.6. The number of carbonyl (C=O) groups is 2. The summed E-state index contributed by atoms with van der Waals surface area (Å²) in [6, 6.07) is 11.4. The smallest absolute Gasteiger partial charge is 0.295 e. The van der Waals surface area contributed by atoms with Gasteiger partial charge in [-0.05, 0) is 42.3 Å². The molecule has 9 nitrogen and oxygen atoms in total. The molecule has 1 fully saturated rings. The topological polar surface area (TPSA) is 103 Å². The van der Waals surface area contributed by atoms with Gasteiger partial charge in [-0.1, -0.05) is 12.1 Å². The Balaban J connectivity index is 1.53. The van der Waals surface area contributed by atoms with E-state index in [4.69, 9.17) is 14.2 Å². The minimum absolute atomic E-state index is 0.0412. The number of rotatable bonds is 7. The predicted octanol–water partition coefficient (Wildman–Crippen LogP) is 3.17. The first kappa shape index (κ1) is 22.5. The molecule has 0 aliphatic carbocycles. The summed E-state index contributed by atoms with van der Waals surface area (Å²) in [5.41, 5.74) is 1.12. The van der Waals surface area contributed by atoms with Gasteiger partial charge in [-0.2, -0.15) is 0 Å². The number of ether oxygens (including phenoxy) is 3. The van der Waals surface area contributed by atoms with Crippen molar-refractivity contribution in [3.63, 3.8) is 0 Å². The molecule has 2 aliphatic heterocycles. The van der Waals surface area contributed by atoms with E-state index in [0.29, 0.717) is 61.1 Å². The predicted molar refractivity (Wildman–Crippen MR) is 126 cm³/mol. The first-order chi connectivity index (χ1) is 17.1. The Kier molecular flexibility index (Phi) is 6.13. The van der Waals surface area contributed by atoms with Crippen LogP contribution in [0.4, 0.5) is 0 Å². The summed E-state index contributed by atoms with van der Waals surface area (Å²) in [6.07, 6.45) is 5.85. The van der Waals surface area contributed by atoms with Crippen LogP contribution in [-0.2, 0) is 16.1 Å². The number of aromatic nitrogens is 2. The molecule has 35 heavy (non-hydrogen) atoms. The maximum atomic E-state index is 13.2. The molecule has 3 heterocycles. The highest BCUT2D eigenvalue weighted by Gasteiger charge is 2.45. The molecule has 9 heteroatoms. The van der Waals surface area contributed by atoms with Gasteiger partial charge in [0.1, 0.15) is 24.7 Å². The Labute approximate surface area is 202 Å². The van der Waals surface area contributed by atoms with Crippen molar-refractivity contribution in [1.82, 2.24) is 14.5 Å². The molecule has 1 atom stereocenters. The average Bonchev–Trinajstić information content (AvgIpc) is 3.50. The third-order valence-electron chi connectivity index (χ3n) is 6.16. The van der Waals surface area contributed by atoms with E-state index < -0.39 is 17.7 Å². The highest BCUT2D eigenvalue weighted by Crippen LogP contribution is 2.41. The number of methoxy groups -OCH3 is 1. The number of hydrogen-bond donors (Lipinski definition) is 1. The molecular formula is C26H25N3O6. The van der Waals surface area contributed by atoms with Crippen LogP contribution in [0.25, 0.3) is 5.76 Å². The van der Waals surface area contributed by atoms with Crippen molar-refractivity contribution in [1.29, 1.82) is 0 Å². The van der Waals surface area contributed by atoms with Crippen molar-refractivity contribution < 1.29 is 28.9 Å². The number of Topliss-reactive ketones (excluding diaryl/α,β-unsaturated/α-hetero) is 1. The lowest BCUT2D eigenvalue weighted by Crippen LogP contribution is -2.31. The van der Waals surface area contributed by atoms with Gasteiger partial charge in [-0.25, -0.2) is 4.98 Å². The van der Waals surface area contributed by atoms with Gasteiger partial charge in [-0.15, -0.1) is 0 Å². The fourth-order valence-corrected chi connectivity index (χ4v) is 4.43. The van der Waals surface area contributed by atoms with E-state index in [9.17, 15) is 14.7 Å². The Hall–Kier alpha value is -4.27. The van der Waals surface area contributed by atoms with Gasteiger partial charge in [0.25, 0.3) is 11.7 Å². The average molecular weight is 476 g/mol. The van der Waals surface area contributed by atoms with Gasteiger partial charge in [0, 0.05) is 31.0 Å². The van der Waals surface area contributed by atoms with Crippen LogP contribution in [-0.4, -0.2) is 58.1 Å². The molecule has 5 rings (SSSR count). The van der Waals surface area contributed by atoms with Crippen molar-refractivity contribution in [3.8, 4) is 17.2 Å². The number of hydrogen-bond acceptors (Lipinski definition) is 7. The lowest BCUT2D eigenvalue weighted by molar-refractivity contribution is -0.139. The van der Waals surface area contributed by atoms with E-state index in [1.54, 1.807) is 62.1 Å². The number of aliphatic hydroxyl groups excluding tert-OH is 1. The monoisotopic (exact) mass is 475 g/mol. The van der Waals surface area contributed by atoms with Crippen molar-refractivity contribution >= 4 is 17.4 Å². The summed E-state index contributed by atoms with van der Waals surface area (Å²) >= 11 is 0. The van der Waals surface area contributed by atoms with E-state index in [1.807, 2.05) is 10.8 Å². The molecule has 1 amide bonds. The van der Waals surface area contributed by atoms with Crippen LogP contribution >= 0.6 is 0 Å². The second kappa shape index (κ2) is 9.54. The fourth-order valence-electron chi connectivity index (χ4n) is 4.43. The number of fused-ring (bicyclic) bond motifs is 1. The first-order valence-electron chi connectivity index (χ1n) is 11.3. The summed E-state index contributed by atoms with van der Waals surface area (Å²) in [5, 5.41) is 11.3. The summed E-state index contributed by atoms with van der Waals surface area (Å²) in [5.74, 6) is 0.0857. The van der Waals surface area contributed by atoms with Gasteiger partial charge < -0.3 is 28.8 Å². The second-order valence-electron chi connectivity index (χ2n) is 8.28. The molecule has 180 valence electrons. The van der Waals surface area contributed by atoms with Crippen LogP contribution in [0.2, 0.25) is 0 Å². The highest BCUT2D eigenvalue weighted by molar-refractivity contribution is 6.46. The number of imidazole rings is 1. The Morgan fingerprint density at radius 1 is 1.09 bits per heavy atom. The zero-order chi connectivity index (χ0) is 24.4. The molecule has 0 radical (unpaired) electrons. The Bertz CT molecular complexity index is 1270. The SMILES string of the molecule is COc1ccc([C@H]2C(=C(O)c3ccc4c(c3)OCCO4)C(=O)C(=O)N2CCCn2ccnc2)cc1. The van der Waals surface area contributed by atoms with Crippen LogP contribution in [0.1, 0.15) is 23.6 Å². The van der Waals surface area contributed by atoms with Crippen LogP contribution in [0, 0.1) is 0 Å². The molecule has 1 N–H and O–H groups in total. The fraction of sp³-hybridized carbons (Fsp3) is 0.269. The first-order valence-corrected chi connectivity index (χ1v) is 11.3. The number of ketones is 1. The molecule has 0 unspecified atom stereocenters. The number of aliphatic hydroxyl groups is 1. The van der Waals surface area contributed by atoms with Gasteiger partial charge in [0.05, 0.1) is 25.1 Å². The number of aryl methyl sites for hydroxylation is 1. The number of nitrogens with zero attached hydrogens (tertiary/aromatic N) is 3. The number of carbonyl (C=O) groups excluding carboxylic acids is 2. The summed E-state index contributed by atoms with van der Waals surface area (Å²) < 4.78 is 18.4. The molecule has 0 bridgehead atoms. The molecule has 0 spiro atoms. The van der Waals surface area contributed by atoms with Crippen molar-refractivity contribution in [2.45, 2.75) is 19.0 Å². The lowest BCUT2D eigenvalue weighted by Gasteiger charge is -2.25. The third kappa shape index (κ3) is 4.32. The van der Waals surface area contributed by atoms with Crippen LogP contribution in [0.5, 0.6) is 17.2 Å². The maximum absolute atomic E-state index is 13.2. The van der Waals surface area contributed by atoms with Gasteiger partial charge in [0.15, 0.2) is 11.5 Å². The maximum Gasteiger partial charge on any atom is 0.295 e. The quantitative estimate of drug-likeness (QED) is 0.318. The van der Waals surface area contributed by atoms with Crippen molar-refractivity contribution in [2.75, 3.05) is 26.9 Å². The molecule has 3 aromatic rings. The molecule has 1 aromatic heterocycles. The largest absolute Gasteiger partial charge is 0.507 e. The number of likely N-dealkylation sites (tertiary alicyclic amines) is 1. The third-order valence-corrected chi connectivity index (χ3v) is 6.16. The molecule has 2 aliphatic rings. The van der Waals surface area contributed by atoms with Crippen LogP contribution in [0.15, 0.2) is 66.8 Å². The van der Waals surface area contributed by atoms with E-state index in [2.05, 4.69) is 4.98 Å². The van der Waals surface area contributed by atoms with Crippen LogP contribution in [0.3, 0.4) is 0 Å². The molecule has 1 saturated heterocycles. The molecule has 0 saturated carbocycles.